The summed E-state index contributed by atoms with van der Waals surface area (Å²) in [5.41, 5.74) is 4.25. The van der Waals surface area contributed by atoms with Crippen molar-refractivity contribution in [2.45, 2.75) is 26.7 Å². The van der Waals surface area contributed by atoms with Crippen LogP contribution in [0.25, 0.3) is 10.8 Å². The summed E-state index contributed by atoms with van der Waals surface area (Å²) < 4.78 is 5.68. The maximum absolute atomic E-state index is 12.7. The highest BCUT2D eigenvalue weighted by molar-refractivity contribution is 6.10. The van der Waals surface area contributed by atoms with E-state index in [0.29, 0.717) is 18.1 Å². The molecule has 0 spiro atoms. The molecule has 1 aliphatic carbocycles. The van der Waals surface area contributed by atoms with Gasteiger partial charge < -0.3 is 10.1 Å². The molecule has 0 bridgehead atoms. The van der Waals surface area contributed by atoms with Crippen LogP contribution in [0.15, 0.2) is 54.6 Å². The van der Waals surface area contributed by atoms with Crippen LogP contribution in [0, 0.1) is 5.92 Å². The Labute approximate surface area is 154 Å². The molecule has 3 aromatic carbocycles. The molecule has 0 aliphatic heterocycles. The summed E-state index contributed by atoms with van der Waals surface area (Å²) in [6.07, 6.45) is 2.17. The second-order valence-corrected chi connectivity index (χ2v) is 7.30. The number of aryl methyl sites for hydroxylation is 2. The third-order valence-electron chi connectivity index (χ3n) is 4.82. The third-order valence-corrected chi connectivity index (χ3v) is 4.82. The number of rotatable bonds is 5. The zero-order valence-corrected chi connectivity index (χ0v) is 15.2. The predicted octanol–water partition coefficient (Wildman–Crippen LogP) is 5.23. The van der Waals surface area contributed by atoms with E-state index in [1.165, 1.54) is 16.5 Å². The number of anilines is 1. The summed E-state index contributed by atoms with van der Waals surface area (Å²) in [6, 6.07) is 17.8. The van der Waals surface area contributed by atoms with Gasteiger partial charge in [0.1, 0.15) is 5.75 Å². The molecule has 4 rings (SSSR count). The molecule has 0 atom stereocenters. The van der Waals surface area contributed by atoms with Gasteiger partial charge in [-0.1, -0.05) is 38.1 Å². The van der Waals surface area contributed by atoms with Gasteiger partial charge in [0.15, 0.2) is 0 Å². The summed E-state index contributed by atoms with van der Waals surface area (Å²) >= 11 is 0. The van der Waals surface area contributed by atoms with Gasteiger partial charge in [0.25, 0.3) is 5.91 Å². The van der Waals surface area contributed by atoms with Gasteiger partial charge in [-0.05, 0) is 65.6 Å². The third kappa shape index (κ3) is 3.17. The van der Waals surface area contributed by atoms with E-state index < -0.39 is 0 Å². The highest BCUT2D eigenvalue weighted by atomic mass is 16.5. The highest BCUT2D eigenvalue weighted by Crippen LogP contribution is 2.35. The zero-order valence-electron chi connectivity index (χ0n) is 15.2. The first-order valence-electron chi connectivity index (χ1n) is 9.19. The summed E-state index contributed by atoms with van der Waals surface area (Å²) in [5, 5.41) is 5.51. The summed E-state index contributed by atoms with van der Waals surface area (Å²) in [5.74, 6) is 1.17. The average Bonchev–Trinajstić information content (AvgIpc) is 3.07. The fourth-order valence-corrected chi connectivity index (χ4v) is 3.52. The Balaban J connectivity index is 1.55. The molecule has 3 heteroatoms. The van der Waals surface area contributed by atoms with E-state index in [4.69, 9.17) is 4.74 Å². The zero-order chi connectivity index (χ0) is 18.1. The molecule has 0 saturated carbocycles. The largest absolute Gasteiger partial charge is 0.493 e. The van der Waals surface area contributed by atoms with Crippen molar-refractivity contribution in [1.29, 1.82) is 0 Å². The van der Waals surface area contributed by atoms with Gasteiger partial charge in [-0.15, -0.1) is 0 Å². The molecule has 1 aliphatic rings. The molecular formula is C23H23NO2. The first-order valence-corrected chi connectivity index (χ1v) is 9.19. The normalized spacial score (nSPS) is 12.6. The first kappa shape index (κ1) is 16.6. The van der Waals surface area contributed by atoms with Crippen LogP contribution in [0.4, 0.5) is 5.69 Å². The number of hydrogen-bond donors (Lipinski definition) is 1. The van der Waals surface area contributed by atoms with E-state index >= 15 is 0 Å². The van der Waals surface area contributed by atoms with Crippen LogP contribution in [0.2, 0.25) is 0 Å². The van der Waals surface area contributed by atoms with Crippen LogP contribution in [0.5, 0.6) is 5.75 Å². The summed E-state index contributed by atoms with van der Waals surface area (Å²) in [7, 11) is 0. The Kier molecular flexibility index (Phi) is 4.37. The van der Waals surface area contributed by atoms with Crippen LogP contribution in [0.3, 0.4) is 0 Å². The highest BCUT2D eigenvalue weighted by Gasteiger charge is 2.17. The second kappa shape index (κ2) is 6.83. The molecule has 0 heterocycles. The Morgan fingerprint density at radius 1 is 1.00 bits per heavy atom. The molecule has 0 saturated heterocycles. The van der Waals surface area contributed by atoms with Crippen molar-refractivity contribution in [1.82, 2.24) is 0 Å². The number of amides is 1. The molecule has 1 N–H and O–H groups in total. The average molecular weight is 345 g/mol. The van der Waals surface area contributed by atoms with Crippen LogP contribution in [-0.2, 0) is 12.8 Å². The maximum atomic E-state index is 12.7. The van der Waals surface area contributed by atoms with Gasteiger partial charge in [-0.2, -0.15) is 0 Å². The van der Waals surface area contributed by atoms with Crippen LogP contribution < -0.4 is 10.1 Å². The lowest BCUT2D eigenvalue weighted by Gasteiger charge is -2.12. The summed E-state index contributed by atoms with van der Waals surface area (Å²) in [4.78, 5) is 12.7. The van der Waals surface area contributed by atoms with Gasteiger partial charge in [0.2, 0.25) is 0 Å². The van der Waals surface area contributed by atoms with Gasteiger partial charge >= 0.3 is 0 Å². The van der Waals surface area contributed by atoms with Gasteiger partial charge in [-0.25, -0.2) is 0 Å². The van der Waals surface area contributed by atoms with Crippen molar-refractivity contribution >= 4 is 22.4 Å². The standard InChI is InChI=1S/C23H23NO2/c1-15(2)14-26-19-11-8-18(9-12-19)23(25)24-21-13-10-17-7-6-16-4-3-5-20(21)22(16)17/h3-5,8-13,15H,6-7,14H2,1-2H3,(H,24,25). The SMILES string of the molecule is CC(C)COc1ccc(C(=O)Nc2ccc3c4c(cccc24)CC3)cc1. The van der Waals surface area contributed by atoms with Crippen molar-refractivity contribution < 1.29 is 9.53 Å². The number of benzene rings is 3. The smallest absolute Gasteiger partial charge is 0.255 e. The van der Waals surface area contributed by atoms with Crippen molar-refractivity contribution in [3.8, 4) is 5.75 Å². The van der Waals surface area contributed by atoms with E-state index in [2.05, 4.69) is 43.4 Å². The van der Waals surface area contributed by atoms with Crippen molar-refractivity contribution in [3.63, 3.8) is 0 Å². The summed E-state index contributed by atoms with van der Waals surface area (Å²) in [6.45, 7) is 4.89. The molecule has 132 valence electrons. The van der Waals surface area contributed by atoms with Crippen molar-refractivity contribution in [2.24, 2.45) is 5.92 Å². The fourth-order valence-electron chi connectivity index (χ4n) is 3.52. The van der Waals surface area contributed by atoms with E-state index in [1.54, 1.807) is 0 Å². The molecule has 0 aromatic heterocycles. The molecule has 0 radical (unpaired) electrons. The minimum Gasteiger partial charge on any atom is -0.493 e. The van der Waals surface area contributed by atoms with Gasteiger partial charge in [0, 0.05) is 16.6 Å². The van der Waals surface area contributed by atoms with E-state index in [0.717, 1.165) is 29.7 Å². The minimum absolute atomic E-state index is 0.0980. The van der Waals surface area contributed by atoms with Crippen LogP contribution >= 0.6 is 0 Å². The van der Waals surface area contributed by atoms with E-state index in [-0.39, 0.29) is 5.91 Å². The lowest BCUT2D eigenvalue weighted by molar-refractivity contribution is 0.102. The first-order chi connectivity index (χ1) is 12.6. The molecule has 1 amide bonds. The van der Waals surface area contributed by atoms with E-state index in [9.17, 15) is 4.79 Å². The van der Waals surface area contributed by atoms with Crippen LogP contribution in [0.1, 0.15) is 35.3 Å². The number of ether oxygens (including phenoxy) is 1. The lowest BCUT2D eigenvalue weighted by Crippen LogP contribution is -2.12. The van der Waals surface area contributed by atoms with E-state index in [1.807, 2.05) is 30.3 Å². The van der Waals surface area contributed by atoms with Crippen molar-refractivity contribution in [2.75, 3.05) is 11.9 Å². The van der Waals surface area contributed by atoms with Crippen molar-refractivity contribution in [3.05, 3.63) is 71.3 Å². The molecular weight excluding hydrogens is 322 g/mol. The molecule has 0 fully saturated rings. The molecule has 26 heavy (non-hydrogen) atoms. The lowest BCUT2D eigenvalue weighted by atomic mass is 10.0. The number of nitrogens with one attached hydrogen (secondary N) is 1. The number of carbonyl (C=O) groups excluding carboxylic acids is 1. The van der Waals surface area contributed by atoms with Gasteiger partial charge in [0.05, 0.1) is 6.61 Å². The Morgan fingerprint density at radius 3 is 2.46 bits per heavy atom. The Hall–Kier alpha value is -2.81. The quantitative estimate of drug-likeness (QED) is 0.688. The number of carbonyl (C=O) groups is 1. The fraction of sp³-hybridized carbons (Fsp3) is 0.261. The van der Waals surface area contributed by atoms with Crippen LogP contribution in [-0.4, -0.2) is 12.5 Å². The molecule has 3 nitrogen and oxygen atoms in total. The number of hydrogen-bond acceptors (Lipinski definition) is 2. The maximum Gasteiger partial charge on any atom is 0.255 e. The molecule has 0 unspecified atom stereocenters. The monoisotopic (exact) mass is 345 g/mol. The Bertz CT molecular complexity index is 948. The minimum atomic E-state index is -0.0980. The predicted molar refractivity (Wildman–Crippen MR) is 106 cm³/mol. The Morgan fingerprint density at radius 2 is 1.73 bits per heavy atom. The molecule has 3 aromatic rings. The second-order valence-electron chi connectivity index (χ2n) is 7.30. The topological polar surface area (TPSA) is 38.3 Å². The van der Waals surface area contributed by atoms with Gasteiger partial charge in [-0.3, -0.25) is 4.79 Å².